The minimum Gasteiger partial charge on any atom is -0.506 e. The number of aromatic hydroxyl groups is 1. The molecule has 0 saturated carbocycles. The van der Waals surface area contributed by atoms with Crippen LogP contribution in [0.4, 0.5) is 0 Å². The van der Waals surface area contributed by atoms with Gasteiger partial charge in [-0.1, -0.05) is 0 Å². The van der Waals surface area contributed by atoms with E-state index in [9.17, 15) is 14.7 Å². The lowest BCUT2D eigenvalue weighted by Crippen LogP contribution is -2.13. The second-order valence-electron chi connectivity index (χ2n) is 2.42. The number of carboxylic acid groups (broad SMARTS) is 1. The Kier molecular flexibility index (Phi) is 3.70. The van der Waals surface area contributed by atoms with Crippen molar-refractivity contribution in [2.75, 3.05) is 0 Å². The molecule has 0 aliphatic heterocycles. The van der Waals surface area contributed by atoms with Crippen LogP contribution < -0.4 is 0 Å². The van der Waals surface area contributed by atoms with Gasteiger partial charge in [0.15, 0.2) is 0 Å². The van der Waals surface area contributed by atoms with Crippen LogP contribution in [0.1, 0.15) is 10.4 Å². The topological polar surface area (TPSA) is 74.6 Å². The van der Waals surface area contributed by atoms with Crippen LogP contribution in [0.5, 0.6) is 5.75 Å². The quantitative estimate of drug-likeness (QED) is 0.437. The monoisotopic (exact) mass is 418 g/mol. The fourth-order valence-corrected chi connectivity index (χ4v) is 2.59. The Hall–Kier alpha value is -0.380. The zero-order valence-electron chi connectivity index (χ0n) is 6.62. The Morgan fingerprint density at radius 1 is 1.14 bits per heavy atom. The maximum atomic E-state index is 11.1. The maximum absolute atomic E-state index is 11.1. The number of rotatable bonds is 2. The van der Waals surface area contributed by atoms with Gasteiger partial charge in [0.05, 0.1) is 7.14 Å². The van der Waals surface area contributed by atoms with E-state index in [1.54, 1.807) is 0 Å². The van der Waals surface area contributed by atoms with E-state index in [0.29, 0.717) is 7.14 Å². The number of carbonyl (C=O) groups is 2. The summed E-state index contributed by atoms with van der Waals surface area (Å²) in [5.41, 5.74) is 0.0732. The summed E-state index contributed by atoms with van der Waals surface area (Å²) in [5, 5.41) is 17.8. The number of phenols is 1. The number of hydrogen-bond donors (Lipinski definition) is 2. The van der Waals surface area contributed by atoms with Crippen molar-refractivity contribution in [1.82, 2.24) is 0 Å². The van der Waals surface area contributed by atoms with Crippen LogP contribution >= 0.6 is 45.2 Å². The Morgan fingerprint density at radius 2 is 1.57 bits per heavy atom. The SMILES string of the molecule is O=C(O)C(=O)c1cc(I)c(O)c(I)c1. The van der Waals surface area contributed by atoms with Crippen molar-refractivity contribution in [2.45, 2.75) is 0 Å². The van der Waals surface area contributed by atoms with E-state index in [-0.39, 0.29) is 11.3 Å². The molecule has 0 heterocycles. The summed E-state index contributed by atoms with van der Waals surface area (Å²) in [4.78, 5) is 21.5. The molecule has 1 aromatic rings. The first-order valence-electron chi connectivity index (χ1n) is 3.39. The minimum absolute atomic E-state index is 0.0631. The standard InChI is InChI=1S/C8H4I2O4/c9-4-1-3(6(11)8(13)14)2-5(10)7(4)12/h1-2,12H,(H,13,14). The van der Waals surface area contributed by atoms with Crippen LogP contribution in [0.25, 0.3) is 0 Å². The Morgan fingerprint density at radius 3 is 1.93 bits per heavy atom. The fraction of sp³-hybridized carbons (Fsp3) is 0. The molecule has 0 unspecified atom stereocenters. The second kappa shape index (κ2) is 4.43. The van der Waals surface area contributed by atoms with Gasteiger partial charge in [-0.05, 0) is 57.3 Å². The molecule has 0 atom stereocenters. The minimum atomic E-state index is -1.50. The number of Topliss-reactive ketones (excluding diaryl/α,β-unsaturated/α-hetero) is 1. The van der Waals surface area contributed by atoms with Crippen LogP contribution in [-0.2, 0) is 4.79 Å². The molecule has 0 aliphatic rings. The number of carboxylic acids is 1. The van der Waals surface area contributed by atoms with Gasteiger partial charge in [-0.15, -0.1) is 0 Å². The smallest absolute Gasteiger partial charge is 0.377 e. The Balaban J connectivity index is 3.26. The molecule has 0 fully saturated rings. The molecule has 0 aliphatic carbocycles. The highest BCUT2D eigenvalue weighted by Crippen LogP contribution is 2.27. The normalized spacial score (nSPS) is 9.86. The number of hydrogen-bond acceptors (Lipinski definition) is 3. The predicted molar refractivity (Wildman–Crippen MR) is 65.5 cm³/mol. The molecule has 1 aromatic carbocycles. The molecule has 14 heavy (non-hydrogen) atoms. The largest absolute Gasteiger partial charge is 0.506 e. The molecule has 0 amide bonds. The molecule has 4 nitrogen and oxygen atoms in total. The van der Waals surface area contributed by atoms with Gasteiger partial charge in [-0.25, -0.2) is 4.79 Å². The van der Waals surface area contributed by atoms with Crippen LogP contribution in [0, 0.1) is 7.14 Å². The van der Waals surface area contributed by atoms with Crippen molar-refractivity contribution in [3.63, 3.8) is 0 Å². The lowest BCUT2D eigenvalue weighted by atomic mass is 10.1. The lowest BCUT2D eigenvalue weighted by Gasteiger charge is -2.02. The van der Waals surface area contributed by atoms with Crippen LogP contribution in [0.3, 0.4) is 0 Å². The number of aliphatic carboxylic acids is 1. The van der Waals surface area contributed by atoms with E-state index < -0.39 is 11.8 Å². The highest BCUT2D eigenvalue weighted by molar-refractivity contribution is 14.1. The number of ketones is 1. The van der Waals surface area contributed by atoms with Crippen LogP contribution in [-0.4, -0.2) is 22.0 Å². The van der Waals surface area contributed by atoms with Gasteiger partial charge in [-0.3, -0.25) is 4.79 Å². The molecule has 74 valence electrons. The van der Waals surface area contributed by atoms with Gasteiger partial charge >= 0.3 is 5.97 Å². The van der Waals surface area contributed by atoms with Gasteiger partial charge in [0, 0.05) is 5.56 Å². The highest BCUT2D eigenvalue weighted by atomic mass is 127. The third-order valence-electron chi connectivity index (χ3n) is 1.47. The summed E-state index contributed by atoms with van der Waals surface area (Å²) in [5.74, 6) is -2.41. The molecule has 0 saturated heterocycles. The molecular formula is C8H4I2O4. The van der Waals surface area contributed by atoms with Crippen molar-refractivity contribution < 1.29 is 19.8 Å². The summed E-state index contributed by atoms with van der Waals surface area (Å²) in [6.07, 6.45) is 0. The number of halogens is 2. The zero-order valence-corrected chi connectivity index (χ0v) is 10.9. The molecule has 0 bridgehead atoms. The predicted octanol–water partition coefficient (Wildman–Crippen LogP) is 1.87. The highest BCUT2D eigenvalue weighted by Gasteiger charge is 2.17. The average molecular weight is 418 g/mol. The fourth-order valence-electron chi connectivity index (χ4n) is 0.820. The van der Waals surface area contributed by atoms with Crippen LogP contribution in [0.15, 0.2) is 12.1 Å². The molecule has 0 aromatic heterocycles. The van der Waals surface area contributed by atoms with E-state index in [1.165, 1.54) is 12.1 Å². The van der Waals surface area contributed by atoms with Gasteiger partial charge in [0.2, 0.25) is 0 Å². The Bertz CT molecular complexity index is 391. The second-order valence-corrected chi connectivity index (χ2v) is 4.75. The van der Waals surface area contributed by atoms with E-state index in [1.807, 2.05) is 45.2 Å². The number of phenolic OH excluding ortho intramolecular Hbond substituents is 1. The van der Waals surface area contributed by atoms with Gasteiger partial charge in [-0.2, -0.15) is 0 Å². The first-order valence-corrected chi connectivity index (χ1v) is 5.55. The molecule has 0 spiro atoms. The van der Waals surface area contributed by atoms with Gasteiger partial charge in [0.1, 0.15) is 5.75 Å². The molecular weight excluding hydrogens is 414 g/mol. The third kappa shape index (κ3) is 2.35. The van der Waals surface area contributed by atoms with Crippen molar-refractivity contribution >= 4 is 56.9 Å². The van der Waals surface area contributed by atoms with Crippen molar-refractivity contribution in [1.29, 1.82) is 0 Å². The first-order chi connectivity index (χ1) is 6.43. The lowest BCUT2D eigenvalue weighted by molar-refractivity contribution is -0.131. The van der Waals surface area contributed by atoms with Crippen molar-refractivity contribution in [2.24, 2.45) is 0 Å². The van der Waals surface area contributed by atoms with Crippen molar-refractivity contribution in [3.8, 4) is 5.75 Å². The molecule has 2 N–H and O–H groups in total. The van der Waals surface area contributed by atoms with Gasteiger partial charge in [0.25, 0.3) is 5.78 Å². The van der Waals surface area contributed by atoms with E-state index in [2.05, 4.69) is 0 Å². The molecule has 6 heteroatoms. The van der Waals surface area contributed by atoms with E-state index in [4.69, 9.17) is 5.11 Å². The summed E-state index contributed by atoms with van der Waals surface area (Å²) < 4.78 is 0.915. The molecule has 0 radical (unpaired) electrons. The maximum Gasteiger partial charge on any atom is 0.377 e. The summed E-state index contributed by atoms with van der Waals surface area (Å²) >= 11 is 3.66. The average Bonchev–Trinajstić information content (AvgIpc) is 2.12. The van der Waals surface area contributed by atoms with E-state index >= 15 is 0 Å². The van der Waals surface area contributed by atoms with Crippen molar-refractivity contribution in [3.05, 3.63) is 24.8 Å². The zero-order chi connectivity index (χ0) is 10.9. The summed E-state index contributed by atoms with van der Waals surface area (Å²) in [6.45, 7) is 0. The van der Waals surface area contributed by atoms with Crippen LogP contribution in [0.2, 0.25) is 0 Å². The third-order valence-corrected chi connectivity index (χ3v) is 3.12. The summed E-state index contributed by atoms with van der Waals surface area (Å²) in [6, 6.07) is 2.68. The number of carbonyl (C=O) groups excluding carboxylic acids is 1. The number of benzene rings is 1. The molecule has 1 rings (SSSR count). The first kappa shape index (κ1) is 11.7. The summed E-state index contributed by atoms with van der Waals surface area (Å²) in [7, 11) is 0. The van der Waals surface area contributed by atoms with Gasteiger partial charge < -0.3 is 10.2 Å². The Labute approximate surface area is 107 Å². The van der Waals surface area contributed by atoms with E-state index in [0.717, 1.165) is 0 Å².